The number of ether oxygens (including phenoxy) is 1. The van der Waals surface area contributed by atoms with Gasteiger partial charge in [-0.2, -0.15) is 0 Å². The molecule has 144 valence electrons. The van der Waals surface area contributed by atoms with Crippen LogP contribution in [-0.2, 0) is 4.74 Å². The van der Waals surface area contributed by atoms with Crippen molar-refractivity contribution in [2.75, 3.05) is 51.8 Å². The molecule has 6 heteroatoms. The van der Waals surface area contributed by atoms with E-state index in [2.05, 4.69) is 55.3 Å². The molecule has 2 aromatic rings. The summed E-state index contributed by atoms with van der Waals surface area (Å²) in [5, 5.41) is 3.10. The lowest BCUT2D eigenvalue weighted by molar-refractivity contribution is 0.0162. The Morgan fingerprint density at radius 3 is 2.33 bits per heavy atom. The molecule has 0 aromatic heterocycles. The molecule has 1 saturated heterocycles. The van der Waals surface area contributed by atoms with Gasteiger partial charge in [-0.25, -0.2) is 0 Å². The number of hydrogen-bond donors (Lipinski definition) is 1. The lowest BCUT2D eigenvalue weighted by atomic mass is 10.0. The number of hydrogen-bond acceptors (Lipinski definition) is 4. The van der Waals surface area contributed by atoms with E-state index in [0.29, 0.717) is 12.1 Å². The van der Waals surface area contributed by atoms with Crippen molar-refractivity contribution in [1.29, 1.82) is 0 Å². The predicted octanol–water partition coefficient (Wildman–Crippen LogP) is 3.32. The number of rotatable bonds is 6. The molecule has 0 saturated carbocycles. The molecule has 1 fully saturated rings. The number of carbonyl (C=O) groups excluding carboxylic acids is 1. The van der Waals surface area contributed by atoms with Crippen LogP contribution >= 0.6 is 15.9 Å². The van der Waals surface area contributed by atoms with Crippen molar-refractivity contribution in [1.82, 2.24) is 10.2 Å². The number of anilines is 1. The van der Waals surface area contributed by atoms with E-state index in [1.54, 1.807) is 0 Å². The summed E-state index contributed by atoms with van der Waals surface area (Å²) in [6.07, 6.45) is 0. The van der Waals surface area contributed by atoms with Gasteiger partial charge in [-0.05, 0) is 42.0 Å². The van der Waals surface area contributed by atoms with Crippen LogP contribution in [0.1, 0.15) is 22.0 Å². The zero-order valence-corrected chi connectivity index (χ0v) is 17.4. The van der Waals surface area contributed by atoms with Crippen molar-refractivity contribution in [3.63, 3.8) is 0 Å². The van der Waals surface area contributed by atoms with E-state index >= 15 is 0 Å². The third-order valence-electron chi connectivity index (χ3n) is 4.84. The summed E-state index contributed by atoms with van der Waals surface area (Å²) in [7, 11) is 4.07. The quantitative estimate of drug-likeness (QED) is 0.761. The maximum absolute atomic E-state index is 12.5. The average Bonchev–Trinajstić information content (AvgIpc) is 2.69. The molecule has 0 spiro atoms. The van der Waals surface area contributed by atoms with Crippen LogP contribution in [0.5, 0.6) is 0 Å². The number of morpholine rings is 1. The van der Waals surface area contributed by atoms with E-state index in [0.717, 1.165) is 30.8 Å². The van der Waals surface area contributed by atoms with E-state index in [-0.39, 0.29) is 11.9 Å². The second-order valence-electron chi connectivity index (χ2n) is 6.87. The first-order valence-corrected chi connectivity index (χ1v) is 9.97. The van der Waals surface area contributed by atoms with Crippen molar-refractivity contribution < 1.29 is 9.53 Å². The average molecular weight is 432 g/mol. The molecule has 0 bridgehead atoms. The van der Waals surface area contributed by atoms with Crippen molar-refractivity contribution >= 4 is 27.5 Å². The minimum Gasteiger partial charge on any atom is -0.379 e. The molecule has 1 N–H and O–H groups in total. The van der Waals surface area contributed by atoms with Crippen LogP contribution in [-0.4, -0.2) is 57.8 Å². The second kappa shape index (κ2) is 9.35. The number of carbonyl (C=O) groups is 1. The van der Waals surface area contributed by atoms with Gasteiger partial charge >= 0.3 is 0 Å². The molecule has 3 rings (SSSR count). The summed E-state index contributed by atoms with van der Waals surface area (Å²) in [5.41, 5.74) is 3.04. The van der Waals surface area contributed by atoms with Crippen molar-refractivity contribution in [2.24, 2.45) is 0 Å². The summed E-state index contributed by atoms with van der Waals surface area (Å²) in [4.78, 5) is 17.0. The highest BCUT2D eigenvalue weighted by atomic mass is 79.9. The maximum Gasteiger partial charge on any atom is 0.251 e. The van der Waals surface area contributed by atoms with Gasteiger partial charge in [-0.15, -0.1) is 0 Å². The predicted molar refractivity (Wildman–Crippen MR) is 112 cm³/mol. The molecule has 1 aliphatic rings. The third-order valence-corrected chi connectivity index (χ3v) is 5.37. The topological polar surface area (TPSA) is 44.8 Å². The summed E-state index contributed by atoms with van der Waals surface area (Å²) >= 11 is 3.40. The van der Waals surface area contributed by atoms with E-state index in [9.17, 15) is 4.79 Å². The number of halogens is 1. The maximum atomic E-state index is 12.5. The largest absolute Gasteiger partial charge is 0.379 e. The second-order valence-corrected chi connectivity index (χ2v) is 7.78. The van der Waals surface area contributed by atoms with Crippen LogP contribution in [0.15, 0.2) is 53.0 Å². The normalized spacial score (nSPS) is 16.0. The Kier molecular flexibility index (Phi) is 6.88. The lowest BCUT2D eigenvalue weighted by Gasteiger charge is -2.35. The summed E-state index contributed by atoms with van der Waals surface area (Å²) in [6, 6.07) is 16.1. The van der Waals surface area contributed by atoms with Crippen molar-refractivity contribution in [3.8, 4) is 0 Å². The van der Waals surface area contributed by atoms with Gasteiger partial charge < -0.3 is 15.0 Å². The fourth-order valence-electron chi connectivity index (χ4n) is 3.23. The van der Waals surface area contributed by atoms with Gasteiger partial charge in [-0.1, -0.05) is 28.1 Å². The molecule has 27 heavy (non-hydrogen) atoms. The van der Waals surface area contributed by atoms with Gasteiger partial charge in [0.1, 0.15) is 0 Å². The van der Waals surface area contributed by atoms with E-state index in [1.807, 2.05) is 38.4 Å². The number of amides is 1. The van der Waals surface area contributed by atoms with Gasteiger partial charge in [0.25, 0.3) is 5.91 Å². The molecule has 1 unspecified atom stereocenters. The Morgan fingerprint density at radius 1 is 1.11 bits per heavy atom. The zero-order chi connectivity index (χ0) is 19.2. The molecule has 1 aliphatic heterocycles. The fourth-order valence-corrected chi connectivity index (χ4v) is 3.50. The van der Waals surface area contributed by atoms with E-state index in [1.165, 1.54) is 11.3 Å². The molecular weight excluding hydrogens is 406 g/mol. The van der Waals surface area contributed by atoms with Gasteiger partial charge in [-0.3, -0.25) is 9.69 Å². The SMILES string of the molecule is CN(C)c1ccc(C(CNC(=O)c2ccc(Br)cc2)N2CCOCC2)cc1. The van der Waals surface area contributed by atoms with Gasteiger partial charge in [0.15, 0.2) is 0 Å². The zero-order valence-electron chi connectivity index (χ0n) is 15.8. The Labute approximate surface area is 169 Å². The summed E-state index contributed by atoms with van der Waals surface area (Å²) in [6.45, 7) is 3.76. The van der Waals surface area contributed by atoms with Gasteiger partial charge in [0.2, 0.25) is 0 Å². The molecule has 1 amide bonds. The van der Waals surface area contributed by atoms with Gasteiger partial charge in [0.05, 0.1) is 19.3 Å². The highest BCUT2D eigenvalue weighted by molar-refractivity contribution is 9.10. The first-order chi connectivity index (χ1) is 13.0. The molecule has 2 aromatic carbocycles. The van der Waals surface area contributed by atoms with E-state index < -0.39 is 0 Å². The monoisotopic (exact) mass is 431 g/mol. The Morgan fingerprint density at radius 2 is 1.74 bits per heavy atom. The van der Waals surface area contributed by atoms with Crippen LogP contribution in [0.25, 0.3) is 0 Å². The Hall–Kier alpha value is -1.89. The smallest absolute Gasteiger partial charge is 0.251 e. The summed E-state index contributed by atoms with van der Waals surface area (Å²) in [5.74, 6) is -0.0503. The van der Waals surface area contributed by atoms with Gasteiger partial charge in [0, 0.05) is 49.5 Å². The first kappa shape index (κ1) is 19.9. The molecule has 0 radical (unpaired) electrons. The number of nitrogens with zero attached hydrogens (tertiary/aromatic N) is 2. The van der Waals surface area contributed by atoms with Crippen LogP contribution in [0.3, 0.4) is 0 Å². The highest BCUT2D eigenvalue weighted by Crippen LogP contribution is 2.24. The van der Waals surface area contributed by atoms with E-state index in [4.69, 9.17) is 4.74 Å². The Balaban J connectivity index is 1.73. The number of nitrogens with one attached hydrogen (secondary N) is 1. The first-order valence-electron chi connectivity index (χ1n) is 9.17. The highest BCUT2D eigenvalue weighted by Gasteiger charge is 2.23. The minimum atomic E-state index is -0.0503. The van der Waals surface area contributed by atoms with Crippen molar-refractivity contribution in [2.45, 2.75) is 6.04 Å². The van der Waals surface area contributed by atoms with Crippen LogP contribution < -0.4 is 10.2 Å². The van der Waals surface area contributed by atoms with Crippen LogP contribution in [0.2, 0.25) is 0 Å². The molecular formula is C21H26BrN3O2. The van der Waals surface area contributed by atoms with Crippen LogP contribution in [0.4, 0.5) is 5.69 Å². The molecule has 1 atom stereocenters. The lowest BCUT2D eigenvalue weighted by Crippen LogP contribution is -2.43. The fraction of sp³-hybridized carbons (Fsp3) is 0.381. The standard InChI is InChI=1S/C21H26BrN3O2/c1-24(2)19-9-5-16(6-10-19)20(25-11-13-27-14-12-25)15-23-21(26)17-3-7-18(22)8-4-17/h3-10,20H,11-15H2,1-2H3,(H,23,26). The van der Waals surface area contributed by atoms with Crippen LogP contribution in [0, 0.1) is 0 Å². The number of benzene rings is 2. The molecule has 5 nitrogen and oxygen atoms in total. The third kappa shape index (κ3) is 5.31. The minimum absolute atomic E-state index is 0.0503. The molecule has 0 aliphatic carbocycles. The summed E-state index contributed by atoms with van der Waals surface area (Å²) < 4.78 is 6.47. The molecule has 1 heterocycles. The van der Waals surface area contributed by atoms with Crippen molar-refractivity contribution in [3.05, 3.63) is 64.1 Å². The Bertz CT molecular complexity index is 741.